The zero-order valence-electron chi connectivity index (χ0n) is 11.0. The number of thiophene rings is 1. The van der Waals surface area contributed by atoms with Gasteiger partial charge >= 0.3 is 5.97 Å². The second-order valence-electron chi connectivity index (χ2n) is 4.82. The third kappa shape index (κ3) is 2.39. The molecule has 1 aliphatic heterocycles. The molecule has 0 amide bonds. The predicted molar refractivity (Wildman–Crippen MR) is 77.9 cm³/mol. The van der Waals surface area contributed by atoms with Crippen molar-refractivity contribution in [2.24, 2.45) is 0 Å². The Kier molecular flexibility index (Phi) is 3.60. The number of aromatic carboxylic acids is 1. The number of aromatic nitrogens is 1. The Morgan fingerprint density at radius 2 is 2.24 bits per heavy atom. The molecule has 0 radical (unpaired) electrons. The molecular formula is C13H14N2O4S2. The van der Waals surface area contributed by atoms with Gasteiger partial charge in [0.1, 0.15) is 9.77 Å². The van der Waals surface area contributed by atoms with Crippen molar-refractivity contribution in [3.63, 3.8) is 0 Å². The van der Waals surface area contributed by atoms with E-state index in [1.165, 1.54) is 15.8 Å². The van der Waals surface area contributed by atoms with Gasteiger partial charge in [0.05, 0.1) is 6.04 Å². The maximum atomic E-state index is 12.8. The summed E-state index contributed by atoms with van der Waals surface area (Å²) in [5, 5.41) is 10.6. The molecule has 1 aliphatic rings. The molecule has 0 aromatic carbocycles. The SMILES string of the molecule is O=C(O)c1sccc1S(=O)(=O)N1CCCC1c1ccc[nH]1. The van der Waals surface area contributed by atoms with Gasteiger partial charge in [-0.15, -0.1) is 11.3 Å². The van der Waals surface area contributed by atoms with Gasteiger partial charge in [-0.3, -0.25) is 0 Å². The van der Waals surface area contributed by atoms with Crippen LogP contribution in [0.3, 0.4) is 0 Å². The van der Waals surface area contributed by atoms with E-state index in [1.807, 2.05) is 12.1 Å². The summed E-state index contributed by atoms with van der Waals surface area (Å²) in [4.78, 5) is 14.0. The van der Waals surface area contributed by atoms with Gasteiger partial charge in [0, 0.05) is 18.4 Å². The molecule has 21 heavy (non-hydrogen) atoms. The molecule has 112 valence electrons. The van der Waals surface area contributed by atoms with Gasteiger partial charge in [-0.05, 0) is 36.4 Å². The van der Waals surface area contributed by atoms with E-state index in [1.54, 1.807) is 6.20 Å². The lowest BCUT2D eigenvalue weighted by molar-refractivity contribution is 0.0698. The minimum Gasteiger partial charge on any atom is -0.477 e. The van der Waals surface area contributed by atoms with Crippen LogP contribution in [0.2, 0.25) is 0 Å². The van der Waals surface area contributed by atoms with Crippen LogP contribution in [0.4, 0.5) is 0 Å². The third-order valence-corrected chi connectivity index (χ3v) is 6.58. The van der Waals surface area contributed by atoms with Gasteiger partial charge in [0.25, 0.3) is 0 Å². The minimum absolute atomic E-state index is 0.113. The van der Waals surface area contributed by atoms with Crippen LogP contribution in [-0.2, 0) is 10.0 Å². The van der Waals surface area contributed by atoms with E-state index < -0.39 is 16.0 Å². The van der Waals surface area contributed by atoms with Gasteiger partial charge < -0.3 is 10.1 Å². The Hall–Kier alpha value is -1.64. The van der Waals surface area contributed by atoms with Crippen molar-refractivity contribution in [2.45, 2.75) is 23.8 Å². The number of nitrogens with zero attached hydrogens (tertiary/aromatic N) is 1. The van der Waals surface area contributed by atoms with E-state index >= 15 is 0 Å². The fraction of sp³-hybridized carbons (Fsp3) is 0.308. The van der Waals surface area contributed by atoms with E-state index in [4.69, 9.17) is 5.11 Å². The molecule has 1 saturated heterocycles. The Balaban J connectivity index is 2.01. The number of hydrogen-bond acceptors (Lipinski definition) is 4. The average molecular weight is 326 g/mol. The van der Waals surface area contributed by atoms with Crippen LogP contribution in [0.15, 0.2) is 34.7 Å². The standard InChI is InChI=1S/C13H14N2O4S2/c16-13(17)12-11(5-8-20-12)21(18,19)15-7-2-4-10(15)9-3-1-6-14-9/h1,3,5-6,8,10,14H,2,4,7H2,(H,16,17). The van der Waals surface area contributed by atoms with E-state index in [0.29, 0.717) is 6.54 Å². The number of H-pyrrole nitrogens is 1. The quantitative estimate of drug-likeness (QED) is 0.902. The van der Waals surface area contributed by atoms with Gasteiger partial charge in [0.2, 0.25) is 10.0 Å². The van der Waals surface area contributed by atoms with Crippen molar-refractivity contribution in [1.29, 1.82) is 0 Å². The molecule has 6 nitrogen and oxygen atoms in total. The smallest absolute Gasteiger partial charge is 0.347 e. The van der Waals surface area contributed by atoms with Gasteiger partial charge in [0.15, 0.2) is 0 Å². The van der Waals surface area contributed by atoms with Crippen LogP contribution in [0.25, 0.3) is 0 Å². The molecule has 0 bridgehead atoms. The molecule has 3 heterocycles. The number of carbonyl (C=O) groups is 1. The highest BCUT2D eigenvalue weighted by Crippen LogP contribution is 2.37. The van der Waals surface area contributed by atoms with E-state index in [-0.39, 0.29) is 15.8 Å². The molecule has 0 saturated carbocycles. The lowest BCUT2D eigenvalue weighted by Crippen LogP contribution is -2.31. The number of aromatic amines is 1. The van der Waals surface area contributed by atoms with E-state index in [2.05, 4.69) is 4.98 Å². The van der Waals surface area contributed by atoms with Crippen molar-refractivity contribution in [3.8, 4) is 0 Å². The van der Waals surface area contributed by atoms with E-state index in [9.17, 15) is 13.2 Å². The maximum Gasteiger partial charge on any atom is 0.347 e. The maximum absolute atomic E-state index is 12.8. The highest BCUT2D eigenvalue weighted by Gasteiger charge is 2.38. The Morgan fingerprint density at radius 3 is 2.90 bits per heavy atom. The van der Waals surface area contributed by atoms with Crippen molar-refractivity contribution in [3.05, 3.63) is 40.3 Å². The Bertz CT molecular complexity index is 749. The summed E-state index contributed by atoms with van der Waals surface area (Å²) < 4.78 is 27.0. The second kappa shape index (κ2) is 5.28. The largest absolute Gasteiger partial charge is 0.477 e. The molecule has 0 spiro atoms. The second-order valence-corrected chi connectivity index (χ2v) is 7.59. The first-order valence-corrected chi connectivity index (χ1v) is 8.79. The van der Waals surface area contributed by atoms with Gasteiger partial charge in [-0.2, -0.15) is 4.31 Å². The summed E-state index contributed by atoms with van der Waals surface area (Å²) in [5.41, 5.74) is 0.836. The van der Waals surface area contributed by atoms with Crippen LogP contribution in [0, 0.1) is 0 Å². The molecule has 8 heteroatoms. The fourth-order valence-electron chi connectivity index (χ4n) is 2.67. The topological polar surface area (TPSA) is 90.5 Å². The van der Waals surface area contributed by atoms with Crippen molar-refractivity contribution in [1.82, 2.24) is 9.29 Å². The zero-order chi connectivity index (χ0) is 15.0. The lowest BCUT2D eigenvalue weighted by atomic mass is 10.2. The molecular weight excluding hydrogens is 312 g/mol. The van der Waals surface area contributed by atoms with Crippen LogP contribution in [0.1, 0.15) is 34.2 Å². The molecule has 2 N–H and O–H groups in total. The van der Waals surface area contributed by atoms with Gasteiger partial charge in [-0.25, -0.2) is 13.2 Å². The summed E-state index contributed by atoms with van der Waals surface area (Å²) in [7, 11) is -3.80. The minimum atomic E-state index is -3.80. The first kappa shape index (κ1) is 14.3. The molecule has 2 aromatic rings. The monoisotopic (exact) mass is 326 g/mol. The summed E-state index contributed by atoms with van der Waals surface area (Å²) >= 11 is 0.929. The number of rotatable bonds is 4. The van der Waals surface area contributed by atoms with Crippen LogP contribution in [0.5, 0.6) is 0 Å². The molecule has 1 atom stereocenters. The summed E-state index contributed by atoms with van der Waals surface area (Å²) in [6.07, 6.45) is 3.24. The van der Waals surface area contributed by atoms with Crippen molar-refractivity contribution >= 4 is 27.3 Å². The molecule has 0 aliphatic carbocycles. The molecule has 3 rings (SSSR count). The lowest BCUT2D eigenvalue weighted by Gasteiger charge is -2.23. The van der Waals surface area contributed by atoms with Gasteiger partial charge in [-0.1, -0.05) is 0 Å². The predicted octanol–water partition coefficient (Wildman–Crippen LogP) is 2.30. The van der Waals surface area contributed by atoms with E-state index in [0.717, 1.165) is 29.9 Å². The Morgan fingerprint density at radius 1 is 1.43 bits per heavy atom. The molecule has 1 unspecified atom stereocenters. The highest BCUT2D eigenvalue weighted by molar-refractivity contribution is 7.89. The van der Waals surface area contributed by atoms with Crippen LogP contribution < -0.4 is 0 Å². The summed E-state index contributed by atoms with van der Waals surface area (Å²) in [6.45, 7) is 0.404. The normalized spacial score (nSPS) is 19.9. The van der Waals surface area contributed by atoms with Crippen LogP contribution >= 0.6 is 11.3 Å². The first-order valence-electron chi connectivity index (χ1n) is 6.47. The summed E-state index contributed by atoms with van der Waals surface area (Å²) in [6, 6.07) is 4.79. The average Bonchev–Trinajstić information content (AvgIpc) is 3.18. The fourth-order valence-corrected chi connectivity index (χ4v) is 5.58. The number of sulfonamides is 1. The zero-order valence-corrected chi connectivity index (χ0v) is 12.7. The number of carboxylic acids is 1. The third-order valence-electron chi connectivity index (χ3n) is 3.59. The highest BCUT2D eigenvalue weighted by atomic mass is 32.2. The summed E-state index contributed by atoms with van der Waals surface area (Å²) in [5.74, 6) is -1.21. The Labute approximate surface area is 126 Å². The van der Waals surface area contributed by atoms with Crippen molar-refractivity contribution in [2.75, 3.05) is 6.54 Å². The number of nitrogens with one attached hydrogen (secondary N) is 1. The number of hydrogen-bond donors (Lipinski definition) is 2. The van der Waals surface area contributed by atoms with Crippen molar-refractivity contribution < 1.29 is 18.3 Å². The van der Waals surface area contributed by atoms with Crippen LogP contribution in [-0.4, -0.2) is 35.3 Å². The molecule has 1 fully saturated rings. The first-order chi connectivity index (χ1) is 10.0. The molecule has 2 aromatic heterocycles. The number of carboxylic acid groups (broad SMARTS) is 1.